The molecular weight excluding hydrogens is 284 g/mol. The van der Waals surface area contributed by atoms with Crippen LogP contribution < -0.4 is 0 Å². The maximum atomic E-state index is 13.9. The molecule has 5 nitrogen and oxygen atoms in total. The topological polar surface area (TPSA) is 69.4 Å². The number of nitrogens with zero attached hydrogens (tertiary/aromatic N) is 1. The second kappa shape index (κ2) is 6.15. The second-order valence-electron chi connectivity index (χ2n) is 5.25. The summed E-state index contributed by atoms with van der Waals surface area (Å²) >= 11 is 0. The zero-order valence-corrected chi connectivity index (χ0v) is 11.5. The van der Waals surface area contributed by atoms with Crippen molar-refractivity contribution in [2.75, 3.05) is 0 Å². The van der Waals surface area contributed by atoms with Gasteiger partial charge in [-0.3, -0.25) is 10.1 Å². The minimum Gasteiger partial charge on any atom is -0.458 e. The minimum atomic E-state index is -1.37. The molecule has 0 spiro atoms. The first-order chi connectivity index (χ1) is 9.90. The molecule has 1 aromatic rings. The third-order valence-corrected chi connectivity index (χ3v) is 3.73. The number of rotatable bonds is 3. The summed E-state index contributed by atoms with van der Waals surface area (Å²) in [7, 11) is 0. The van der Waals surface area contributed by atoms with Crippen molar-refractivity contribution in [2.45, 2.75) is 38.7 Å². The van der Waals surface area contributed by atoms with E-state index in [4.69, 9.17) is 4.74 Å². The maximum Gasteiger partial charge on any atom is 0.341 e. The van der Waals surface area contributed by atoms with Gasteiger partial charge in [-0.15, -0.1) is 0 Å². The van der Waals surface area contributed by atoms with Gasteiger partial charge >= 0.3 is 11.7 Å². The molecule has 2 unspecified atom stereocenters. The van der Waals surface area contributed by atoms with Crippen molar-refractivity contribution >= 4 is 11.7 Å². The summed E-state index contributed by atoms with van der Waals surface area (Å²) in [5.41, 5.74) is -1.81. The van der Waals surface area contributed by atoms with E-state index in [1.165, 1.54) is 0 Å². The molecule has 0 saturated heterocycles. The average Bonchev–Trinajstić information content (AvgIpc) is 2.43. The Kier molecular flexibility index (Phi) is 4.50. The van der Waals surface area contributed by atoms with E-state index in [0.717, 1.165) is 19.3 Å². The minimum absolute atomic E-state index is 0.134. The molecule has 1 aliphatic carbocycles. The fourth-order valence-electron chi connectivity index (χ4n) is 2.51. The largest absolute Gasteiger partial charge is 0.458 e. The van der Waals surface area contributed by atoms with Crippen molar-refractivity contribution in [2.24, 2.45) is 5.92 Å². The van der Waals surface area contributed by atoms with E-state index in [1.807, 2.05) is 6.92 Å². The Morgan fingerprint density at radius 2 is 2.00 bits per heavy atom. The third kappa shape index (κ3) is 3.34. The molecule has 0 N–H and O–H groups in total. The fourth-order valence-corrected chi connectivity index (χ4v) is 2.51. The van der Waals surface area contributed by atoms with Crippen molar-refractivity contribution in [3.63, 3.8) is 0 Å². The Labute approximate surface area is 120 Å². The fraction of sp³-hybridized carbons (Fsp3) is 0.500. The molecule has 2 rings (SSSR count). The smallest absolute Gasteiger partial charge is 0.341 e. The molecule has 1 fully saturated rings. The molecule has 0 heterocycles. The van der Waals surface area contributed by atoms with Crippen molar-refractivity contribution in [1.82, 2.24) is 0 Å². The lowest BCUT2D eigenvalue weighted by Crippen LogP contribution is -2.28. The van der Waals surface area contributed by atoms with Crippen molar-refractivity contribution in [3.8, 4) is 0 Å². The molecule has 0 aliphatic heterocycles. The van der Waals surface area contributed by atoms with Crippen LogP contribution >= 0.6 is 0 Å². The molecule has 21 heavy (non-hydrogen) atoms. The lowest BCUT2D eigenvalue weighted by Gasteiger charge is -2.28. The van der Waals surface area contributed by atoms with Gasteiger partial charge in [0.1, 0.15) is 17.5 Å². The first-order valence-corrected chi connectivity index (χ1v) is 6.74. The van der Waals surface area contributed by atoms with Crippen LogP contribution in [0.25, 0.3) is 0 Å². The highest BCUT2D eigenvalue weighted by atomic mass is 19.1. The van der Waals surface area contributed by atoms with Crippen LogP contribution in [-0.4, -0.2) is 17.0 Å². The van der Waals surface area contributed by atoms with Gasteiger partial charge in [-0.1, -0.05) is 13.3 Å². The number of halogens is 2. The van der Waals surface area contributed by atoms with Gasteiger partial charge in [0.25, 0.3) is 0 Å². The second-order valence-corrected chi connectivity index (χ2v) is 5.25. The quantitative estimate of drug-likeness (QED) is 0.485. The molecule has 0 amide bonds. The van der Waals surface area contributed by atoms with Crippen molar-refractivity contribution in [3.05, 3.63) is 39.4 Å². The van der Waals surface area contributed by atoms with Gasteiger partial charge in [-0.25, -0.2) is 9.18 Å². The van der Waals surface area contributed by atoms with Gasteiger partial charge in [0.2, 0.25) is 5.82 Å². The summed E-state index contributed by atoms with van der Waals surface area (Å²) in [5, 5.41) is 10.6. The van der Waals surface area contributed by atoms with E-state index in [1.54, 1.807) is 0 Å². The highest BCUT2D eigenvalue weighted by Crippen LogP contribution is 2.28. The predicted molar refractivity (Wildman–Crippen MR) is 69.8 cm³/mol. The highest BCUT2D eigenvalue weighted by molar-refractivity contribution is 5.90. The van der Waals surface area contributed by atoms with Crippen molar-refractivity contribution in [1.29, 1.82) is 0 Å². The van der Waals surface area contributed by atoms with Gasteiger partial charge in [0, 0.05) is 0 Å². The van der Waals surface area contributed by atoms with Crippen LogP contribution in [0.4, 0.5) is 14.5 Å². The number of esters is 1. The number of carbonyl (C=O) groups excluding carboxylic acids is 1. The molecule has 1 aliphatic rings. The molecule has 7 heteroatoms. The third-order valence-electron chi connectivity index (χ3n) is 3.73. The van der Waals surface area contributed by atoms with Crippen molar-refractivity contribution < 1.29 is 23.2 Å². The molecule has 0 radical (unpaired) electrons. The number of hydrogen-bond acceptors (Lipinski definition) is 4. The van der Waals surface area contributed by atoms with Crippen LogP contribution in [0.2, 0.25) is 0 Å². The van der Waals surface area contributed by atoms with Gasteiger partial charge in [-0.05, 0) is 31.2 Å². The molecule has 1 aromatic carbocycles. The molecule has 0 bridgehead atoms. The monoisotopic (exact) mass is 299 g/mol. The summed E-state index contributed by atoms with van der Waals surface area (Å²) in [5.74, 6) is -3.34. The number of ether oxygens (including phenoxy) is 1. The molecule has 2 atom stereocenters. The molecule has 0 aromatic heterocycles. The van der Waals surface area contributed by atoms with Gasteiger partial charge in [-0.2, -0.15) is 4.39 Å². The normalized spacial score (nSPS) is 21.9. The number of nitro benzene ring substituents is 1. The van der Waals surface area contributed by atoms with E-state index in [-0.39, 0.29) is 12.0 Å². The first-order valence-electron chi connectivity index (χ1n) is 6.74. The predicted octanol–water partition coefficient (Wildman–Crippen LogP) is 3.61. The maximum absolute atomic E-state index is 13.9. The summed E-state index contributed by atoms with van der Waals surface area (Å²) in [6, 6.07) is 1.06. The molecule has 114 valence electrons. The van der Waals surface area contributed by atoms with Crippen LogP contribution in [0, 0.1) is 27.7 Å². The summed E-state index contributed by atoms with van der Waals surface area (Å²) in [6.07, 6.45) is 3.12. The van der Waals surface area contributed by atoms with E-state index < -0.39 is 33.8 Å². The average molecular weight is 299 g/mol. The van der Waals surface area contributed by atoms with Crippen LogP contribution in [0.15, 0.2) is 12.1 Å². The highest BCUT2D eigenvalue weighted by Gasteiger charge is 2.29. The number of nitro groups is 1. The van der Waals surface area contributed by atoms with Gasteiger partial charge in [0.15, 0.2) is 0 Å². The van der Waals surface area contributed by atoms with E-state index in [0.29, 0.717) is 18.6 Å². The lowest BCUT2D eigenvalue weighted by atomic mass is 9.88. The van der Waals surface area contributed by atoms with Crippen LogP contribution in [0.5, 0.6) is 0 Å². The Morgan fingerprint density at radius 1 is 1.33 bits per heavy atom. The Balaban J connectivity index is 2.24. The standard InChI is InChI=1S/C14H15F2NO4/c1-8-4-2-3-5-12(8)21-14(18)10-6-9(15)7-11(13(10)16)17(19)20/h6-8,12H,2-5H2,1H3. The Bertz CT molecular complexity index is 576. The summed E-state index contributed by atoms with van der Waals surface area (Å²) < 4.78 is 32.4. The summed E-state index contributed by atoms with van der Waals surface area (Å²) in [6.45, 7) is 1.92. The number of hydrogen-bond donors (Lipinski definition) is 0. The Morgan fingerprint density at radius 3 is 2.62 bits per heavy atom. The molecule has 1 saturated carbocycles. The SMILES string of the molecule is CC1CCCCC1OC(=O)c1cc(F)cc([N+](=O)[O-])c1F. The zero-order valence-electron chi connectivity index (χ0n) is 11.5. The van der Waals surface area contributed by atoms with Gasteiger partial charge < -0.3 is 4.74 Å². The Hall–Kier alpha value is -2.05. The number of benzene rings is 1. The summed E-state index contributed by atoms with van der Waals surface area (Å²) in [4.78, 5) is 21.5. The molecular formula is C14H15F2NO4. The van der Waals surface area contributed by atoms with E-state index >= 15 is 0 Å². The van der Waals surface area contributed by atoms with Crippen LogP contribution in [0.3, 0.4) is 0 Å². The number of carbonyl (C=O) groups is 1. The lowest BCUT2D eigenvalue weighted by molar-refractivity contribution is -0.387. The van der Waals surface area contributed by atoms with E-state index in [2.05, 4.69) is 0 Å². The zero-order chi connectivity index (χ0) is 15.6. The van der Waals surface area contributed by atoms with Crippen LogP contribution in [0.1, 0.15) is 43.0 Å². The van der Waals surface area contributed by atoms with Gasteiger partial charge in [0.05, 0.1) is 11.0 Å². The van der Waals surface area contributed by atoms with E-state index in [9.17, 15) is 23.7 Å². The van der Waals surface area contributed by atoms with Crippen LogP contribution in [-0.2, 0) is 4.74 Å². The first kappa shape index (κ1) is 15.3.